The smallest absolute Gasteiger partial charge is 0.384 e. The zero-order valence-electron chi connectivity index (χ0n) is 10.3. The number of aliphatic hydroxyl groups excluding tert-OH is 1. The van der Waals surface area contributed by atoms with Crippen LogP contribution in [0.3, 0.4) is 0 Å². The highest BCUT2D eigenvalue weighted by Crippen LogP contribution is 2.01. The first-order chi connectivity index (χ1) is 8.72. The van der Waals surface area contributed by atoms with Gasteiger partial charge in [-0.25, -0.2) is 4.79 Å². The van der Waals surface area contributed by atoms with Gasteiger partial charge in [-0.3, -0.25) is 0 Å². The fraction of sp³-hybridized carbons (Fsp3) is 0.357. The number of hydrogen-bond donors (Lipinski definition) is 1. The number of carbonyl (C=O) groups is 1. The molecule has 0 unspecified atom stereocenters. The maximum Gasteiger partial charge on any atom is 0.384 e. The van der Waals surface area contributed by atoms with E-state index < -0.39 is 12.1 Å². The summed E-state index contributed by atoms with van der Waals surface area (Å²) < 4.78 is 9.68. The molecule has 0 bridgehead atoms. The number of methoxy groups -OCH3 is 1. The minimum absolute atomic E-state index is 0.184. The molecule has 0 radical (unpaired) electrons. The number of carbonyl (C=O) groups excluding carboxylic acids is 1. The predicted octanol–water partition coefficient (Wildman–Crippen LogP) is 1.13. The molecular weight excluding hydrogens is 232 g/mol. The molecule has 1 atom stereocenters. The number of ether oxygens (including phenoxy) is 2. The van der Waals surface area contributed by atoms with Gasteiger partial charge in [-0.1, -0.05) is 36.3 Å². The van der Waals surface area contributed by atoms with Crippen molar-refractivity contribution in [3.8, 4) is 11.8 Å². The van der Waals surface area contributed by atoms with E-state index >= 15 is 0 Å². The topological polar surface area (TPSA) is 55.8 Å². The summed E-state index contributed by atoms with van der Waals surface area (Å²) >= 11 is 0. The Hall–Kier alpha value is -1.83. The van der Waals surface area contributed by atoms with E-state index in [2.05, 4.69) is 16.6 Å². The fourth-order valence-corrected chi connectivity index (χ4v) is 1.24. The lowest BCUT2D eigenvalue weighted by atomic mass is 10.2. The second-order valence-electron chi connectivity index (χ2n) is 3.65. The standard InChI is InChI=1S/C14H16O4/c1-17-14(16)9-5-8-13(15)11-18-10-12-6-3-2-4-7-12/h2-4,6-7,13,15H,8,10-11H2,1H3/t13-/m1/s1. The molecule has 1 aromatic rings. The van der Waals surface area contributed by atoms with Gasteiger partial charge in [0.25, 0.3) is 0 Å². The average Bonchev–Trinajstić information content (AvgIpc) is 2.39. The Morgan fingerprint density at radius 2 is 2.11 bits per heavy atom. The van der Waals surface area contributed by atoms with Crippen molar-refractivity contribution < 1.29 is 19.4 Å². The largest absolute Gasteiger partial charge is 0.459 e. The lowest BCUT2D eigenvalue weighted by Gasteiger charge is -2.08. The number of hydrogen-bond acceptors (Lipinski definition) is 4. The molecule has 4 heteroatoms. The molecule has 0 spiro atoms. The van der Waals surface area contributed by atoms with Gasteiger partial charge < -0.3 is 14.6 Å². The van der Waals surface area contributed by atoms with Crippen LogP contribution in [0.25, 0.3) is 0 Å². The van der Waals surface area contributed by atoms with E-state index in [1.54, 1.807) is 0 Å². The lowest BCUT2D eigenvalue weighted by Crippen LogP contribution is -2.14. The second kappa shape index (κ2) is 8.29. The molecule has 0 saturated carbocycles. The molecule has 0 amide bonds. The second-order valence-corrected chi connectivity index (χ2v) is 3.65. The van der Waals surface area contributed by atoms with Crippen LogP contribution >= 0.6 is 0 Å². The lowest BCUT2D eigenvalue weighted by molar-refractivity contribution is -0.133. The van der Waals surface area contributed by atoms with Crippen molar-refractivity contribution in [2.45, 2.75) is 19.1 Å². The predicted molar refractivity (Wildman–Crippen MR) is 66.5 cm³/mol. The average molecular weight is 248 g/mol. The van der Waals surface area contributed by atoms with E-state index in [4.69, 9.17) is 4.74 Å². The van der Waals surface area contributed by atoms with Crippen LogP contribution in [0.1, 0.15) is 12.0 Å². The molecule has 96 valence electrons. The third-order valence-corrected chi connectivity index (χ3v) is 2.14. The summed E-state index contributed by atoms with van der Waals surface area (Å²) in [5.74, 6) is 4.17. The maximum atomic E-state index is 10.7. The molecule has 0 aliphatic rings. The van der Waals surface area contributed by atoms with E-state index in [1.807, 2.05) is 30.3 Å². The first-order valence-corrected chi connectivity index (χ1v) is 5.59. The fourth-order valence-electron chi connectivity index (χ4n) is 1.24. The van der Waals surface area contributed by atoms with Crippen molar-refractivity contribution in [2.75, 3.05) is 13.7 Å². The zero-order valence-corrected chi connectivity index (χ0v) is 10.3. The van der Waals surface area contributed by atoms with Gasteiger partial charge in [-0.15, -0.1) is 0 Å². The third-order valence-electron chi connectivity index (χ3n) is 2.14. The summed E-state index contributed by atoms with van der Waals surface area (Å²) in [6.45, 7) is 0.632. The molecule has 0 saturated heterocycles. The van der Waals surface area contributed by atoms with Crippen molar-refractivity contribution >= 4 is 5.97 Å². The van der Waals surface area contributed by atoms with E-state index in [-0.39, 0.29) is 13.0 Å². The summed E-state index contributed by atoms with van der Waals surface area (Å²) in [4.78, 5) is 10.7. The molecule has 18 heavy (non-hydrogen) atoms. The minimum Gasteiger partial charge on any atom is -0.459 e. The molecular formula is C14H16O4. The molecule has 0 aromatic heterocycles. The Bertz CT molecular complexity index is 416. The first kappa shape index (κ1) is 14.2. The summed E-state index contributed by atoms with van der Waals surface area (Å²) in [5.41, 5.74) is 1.05. The van der Waals surface area contributed by atoms with E-state index in [9.17, 15) is 9.90 Å². The Morgan fingerprint density at radius 3 is 2.78 bits per heavy atom. The summed E-state index contributed by atoms with van der Waals surface area (Å²) in [5, 5.41) is 9.53. The van der Waals surface area contributed by atoms with E-state index in [0.29, 0.717) is 6.61 Å². The van der Waals surface area contributed by atoms with Gasteiger partial charge in [0.2, 0.25) is 0 Å². The van der Waals surface area contributed by atoms with Crippen LogP contribution in [0.4, 0.5) is 0 Å². The van der Waals surface area contributed by atoms with Gasteiger partial charge in [0, 0.05) is 12.3 Å². The normalized spacial score (nSPS) is 11.2. The van der Waals surface area contributed by atoms with Crippen LogP contribution in [-0.2, 0) is 20.9 Å². The highest BCUT2D eigenvalue weighted by Gasteiger charge is 2.02. The van der Waals surface area contributed by atoms with Gasteiger partial charge in [-0.2, -0.15) is 0 Å². The molecule has 0 aliphatic carbocycles. The van der Waals surface area contributed by atoms with Crippen molar-refractivity contribution in [3.63, 3.8) is 0 Å². The number of aliphatic hydroxyl groups is 1. The summed E-state index contributed by atoms with van der Waals surface area (Å²) in [6, 6.07) is 9.68. The summed E-state index contributed by atoms with van der Waals surface area (Å²) in [7, 11) is 1.26. The van der Waals surface area contributed by atoms with Gasteiger partial charge >= 0.3 is 5.97 Å². The highest BCUT2D eigenvalue weighted by molar-refractivity contribution is 5.88. The zero-order chi connectivity index (χ0) is 13.2. The Kier molecular flexibility index (Phi) is 6.55. The molecule has 1 N–H and O–H groups in total. The van der Waals surface area contributed by atoms with E-state index in [1.165, 1.54) is 7.11 Å². The van der Waals surface area contributed by atoms with Crippen LogP contribution in [0.2, 0.25) is 0 Å². The summed E-state index contributed by atoms with van der Waals surface area (Å²) in [6.07, 6.45) is -0.518. The van der Waals surface area contributed by atoms with Crippen LogP contribution in [-0.4, -0.2) is 30.9 Å². The van der Waals surface area contributed by atoms with Crippen LogP contribution in [0.15, 0.2) is 30.3 Å². The number of rotatable bonds is 5. The van der Waals surface area contributed by atoms with Crippen LogP contribution in [0, 0.1) is 11.8 Å². The molecule has 0 aliphatic heterocycles. The van der Waals surface area contributed by atoms with Gasteiger partial charge in [-0.05, 0) is 5.56 Å². The first-order valence-electron chi connectivity index (χ1n) is 5.59. The molecule has 1 aromatic carbocycles. The monoisotopic (exact) mass is 248 g/mol. The Morgan fingerprint density at radius 1 is 1.39 bits per heavy atom. The van der Waals surface area contributed by atoms with Gasteiger partial charge in [0.1, 0.15) is 0 Å². The SMILES string of the molecule is COC(=O)C#CC[C@@H](O)COCc1ccccc1. The molecule has 4 nitrogen and oxygen atoms in total. The van der Waals surface area contributed by atoms with Gasteiger partial charge in [0.15, 0.2) is 0 Å². The molecule has 1 rings (SSSR count). The Balaban J connectivity index is 2.19. The number of benzene rings is 1. The minimum atomic E-state index is -0.703. The maximum absolute atomic E-state index is 10.7. The van der Waals surface area contributed by atoms with Gasteiger partial charge in [0.05, 0.1) is 26.4 Å². The van der Waals surface area contributed by atoms with Crippen LogP contribution < -0.4 is 0 Å². The van der Waals surface area contributed by atoms with Crippen molar-refractivity contribution in [3.05, 3.63) is 35.9 Å². The third kappa shape index (κ3) is 6.04. The van der Waals surface area contributed by atoms with Crippen molar-refractivity contribution in [2.24, 2.45) is 0 Å². The van der Waals surface area contributed by atoms with Crippen molar-refractivity contribution in [1.82, 2.24) is 0 Å². The van der Waals surface area contributed by atoms with Crippen molar-refractivity contribution in [1.29, 1.82) is 0 Å². The Labute approximate surface area is 107 Å². The molecule has 0 fully saturated rings. The number of esters is 1. The van der Waals surface area contributed by atoms with E-state index in [0.717, 1.165) is 5.56 Å². The quantitative estimate of drug-likeness (QED) is 0.482. The molecule has 0 heterocycles. The highest BCUT2D eigenvalue weighted by atomic mass is 16.5. The van der Waals surface area contributed by atoms with Crippen LogP contribution in [0.5, 0.6) is 0 Å².